The maximum absolute atomic E-state index is 11.7. The number of fused-ring (bicyclic) bond motifs is 1. The highest BCUT2D eigenvalue weighted by Gasteiger charge is 2.19. The van der Waals surface area contributed by atoms with Crippen LogP contribution in [0.2, 0.25) is 0 Å². The molecular formula is C20H21N5O4. The van der Waals surface area contributed by atoms with Gasteiger partial charge in [0.1, 0.15) is 0 Å². The third kappa shape index (κ3) is 3.90. The van der Waals surface area contributed by atoms with Gasteiger partial charge >= 0.3 is 5.97 Å². The number of ether oxygens (including phenoxy) is 1. The van der Waals surface area contributed by atoms with Gasteiger partial charge in [-0.2, -0.15) is 5.10 Å². The number of nitro benzene ring substituents is 1. The number of carbonyl (C=O) groups excluding carboxylic acids is 1. The van der Waals surface area contributed by atoms with Crippen molar-refractivity contribution in [2.45, 2.75) is 6.67 Å². The summed E-state index contributed by atoms with van der Waals surface area (Å²) in [5, 5.41) is 16.2. The summed E-state index contributed by atoms with van der Waals surface area (Å²) in [4.78, 5) is 26.6. The molecule has 1 aliphatic rings. The molecule has 0 atom stereocenters. The predicted octanol–water partition coefficient (Wildman–Crippen LogP) is 2.51. The number of hydrogen-bond donors (Lipinski definition) is 0. The molecule has 2 aromatic carbocycles. The lowest BCUT2D eigenvalue weighted by molar-refractivity contribution is -0.384. The fourth-order valence-corrected chi connectivity index (χ4v) is 3.57. The van der Waals surface area contributed by atoms with Crippen molar-refractivity contribution in [3.63, 3.8) is 0 Å². The van der Waals surface area contributed by atoms with E-state index in [1.165, 1.54) is 7.11 Å². The van der Waals surface area contributed by atoms with Gasteiger partial charge in [-0.15, -0.1) is 0 Å². The average Bonchev–Trinajstić information content (AvgIpc) is 3.15. The summed E-state index contributed by atoms with van der Waals surface area (Å²) in [6, 6.07) is 12.1. The molecule has 9 nitrogen and oxygen atoms in total. The molecule has 0 radical (unpaired) electrons. The molecule has 0 amide bonds. The van der Waals surface area contributed by atoms with Crippen LogP contribution in [0.1, 0.15) is 10.4 Å². The molecule has 3 aromatic rings. The number of nitrogens with zero attached hydrogens (tertiary/aromatic N) is 5. The van der Waals surface area contributed by atoms with Crippen LogP contribution in [0.3, 0.4) is 0 Å². The summed E-state index contributed by atoms with van der Waals surface area (Å²) in [5.74, 6) is -0.359. The van der Waals surface area contributed by atoms with Crippen molar-refractivity contribution in [1.29, 1.82) is 0 Å². The van der Waals surface area contributed by atoms with E-state index in [0.717, 1.165) is 42.8 Å². The van der Waals surface area contributed by atoms with Crippen molar-refractivity contribution >= 4 is 28.2 Å². The van der Waals surface area contributed by atoms with Crippen LogP contribution < -0.4 is 4.90 Å². The summed E-state index contributed by atoms with van der Waals surface area (Å²) >= 11 is 0. The Morgan fingerprint density at radius 1 is 1.14 bits per heavy atom. The molecule has 1 fully saturated rings. The Kier molecular flexibility index (Phi) is 5.13. The molecule has 0 saturated carbocycles. The summed E-state index contributed by atoms with van der Waals surface area (Å²) in [7, 11) is 1.37. The Balaban J connectivity index is 1.39. The largest absolute Gasteiger partial charge is 0.465 e. The van der Waals surface area contributed by atoms with E-state index in [1.54, 1.807) is 42.6 Å². The first-order valence-corrected chi connectivity index (χ1v) is 9.31. The van der Waals surface area contributed by atoms with Gasteiger partial charge in [0, 0.05) is 49.4 Å². The molecule has 1 aromatic heterocycles. The maximum atomic E-state index is 11.7. The van der Waals surface area contributed by atoms with Gasteiger partial charge in [0.15, 0.2) is 0 Å². The molecule has 0 bridgehead atoms. The minimum atomic E-state index is -0.385. The highest BCUT2D eigenvalue weighted by molar-refractivity contribution is 5.94. The maximum Gasteiger partial charge on any atom is 0.337 e. The normalized spacial score (nSPS) is 14.9. The Morgan fingerprint density at radius 3 is 2.52 bits per heavy atom. The number of anilines is 1. The number of aromatic nitrogens is 2. The Bertz CT molecular complexity index is 1040. The third-order valence-electron chi connectivity index (χ3n) is 5.19. The fourth-order valence-electron chi connectivity index (χ4n) is 3.57. The van der Waals surface area contributed by atoms with Crippen molar-refractivity contribution in [2.75, 3.05) is 38.2 Å². The molecule has 0 aliphatic carbocycles. The van der Waals surface area contributed by atoms with Crippen molar-refractivity contribution in [2.24, 2.45) is 0 Å². The second-order valence-corrected chi connectivity index (χ2v) is 6.93. The molecular weight excluding hydrogens is 374 g/mol. The van der Waals surface area contributed by atoms with E-state index in [-0.39, 0.29) is 16.6 Å². The van der Waals surface area contributed by atoms with Gasteiger partial charge in [-0.3, -0.25) is 19.7 Å². The lowest BCUT2D eigenvalue weighted by Crippen LogP contribution is -2.46. The lowest BCUT2D eigenvalue weighted by atomic mass is 10.1. The molecule has 1 aliphatic heterocycles. The number of non-ortho nitro benzene ring substituents is 1. The molecule has 150 valence electrons. The molecule has 29 heavy (non-hydrogen) atoms. The van der Waals surface area contributed by atoms with Gasteiger partial charge in [-0.05, 0) is 30.3 Å². The monoisotopic (exact) mass is 395 g/mol. The summed E-state index contributed by atoms with van der Waals surface area (Å²) < 4.78 is 6.69. The van der Waals surface area contributed by atoms with Crippen LogP contribution >= 0.6 is 0 Å². The Labute approximate surface area is 167 Å². The zero-order chi connectivity index (χ0) is 20.4. The van der Waals surface area contributed by atoms with Gasteiger partial charge in [-0.25, -0.2) is 4.79 Å². The second kappa shape index (κ2) is 7.88. The van der Waals surface area contributed by atoms with Crippen LogP contribution in [0.25, 0.3) is 10.9 Å². The number of methoxy groups -OCH3 is 1. The quantitative estimate of drug-likeness (QED) is 0.372. The molecule has 2 heterocycles. The van der Waals surface area contributed by atoms with Gasteiger partial charge in [0.2, 0.25) is 0 Å². The number of carbonyl (C=O) groups is 1. The van der Waals surface area contributed by atoms with Crippen LogP contribution in [0.15, 0.2) is 48.7 Å². The number of nitro groups is 1. The number of hydrogen-bond acceptors (Lipinski definition) is 7. The standard InChI is InChI=1S/C20H21N5O4/c1-29-20(26)15-2-7-19-16(12-15)13-21-24(19)14-22-8-10-23(11-9-22)17-3-5-18(6-4-17)25(27)28/h2-7,12-13H,8-11,14H2,1H3. The van der Waals surface area contributed by atoms with Crippen LogP contribution in [0.5, 0.6) is 0 Å². The van der Waals surface area contributed by atoms with E-state index in [2.05, 4.69) is 14.9 Å². The van der Waals surface area contributed by atoms with Crippen molar-refractivity contribution < 1.29 is 14.5 Å². The Morgan fingerprint density at radius 2 is 1.86 bits per heavy atom. The van der Waals surface area contributed by atoms with E-state index in [1.807, 2.05) is 10.7 Å². The van der Waals surface area contributed by atoms with E-state index >= 15 is 0 Å². The smallest absolute Gasteiger partial charge is 0.337 e. The Hall–Kier alpha value is -3.46. The van der Waals surface area contributed by atoms with Gasteiger partial charge in [0.25, 0.3) is 5.69 Å². The topological polar surface area (TPSA) is 93.7 Å². The second-order valence-electron chi connectivity index (χ2n) is 6.93. The van der Waals surface area contributed by atoms with E-state index in [4.69, 9.17) is 4.74 Å². The summed E-state index contributed by atoms with van der Waals surface area (Å²) in [6.07, 6.45) is 1.76. The number of benzene rings is 2. The number of piperazine rings is 1. The zero-order valence-corrected chi connectivity index (χ0v) is 16.0. The van der Waals surface area contributed by atoms with Crippen molar-refractivity contribution in [3.05, 3.63) is 64.3 Å². The molecule has 4 rings (SSSR count). The first-order chi connectivity index (χ1) is 14.0. The van der Waals surface area contributed by atoms with Gasteiger partial charge in [-0.1, -0.05) is 0 Å². The van der Waals surface area contributed by atoms with Crippen LogP contribution in [-0.2, 0) is 11.4 Å². The van der Waals surface area contributed by atoms with Crippen LogP contribution in [0.4, 0.5) is 11.4 Å². The SMILES string of the molecule is COC(=O)c1ccc2c(cnn2CN2CCN(c3ccc([N+](=O)[O-])cc3)CC2)c1. The fraction of sp³-hybridized carbons (Fsp3) is 0.300. The van der Waals surface area contributed by atoms with Crippen molar-refractivity contribution in [1.82, 2.24) is 14.7 Å². The van der Waals surface area contributed by atoms with E-state index < -0.39 is 0 Å². The average molecular weight is 395 g/mol. The minimum absolute atomic E-state index is 0.105. The van der Waals surface area contributed by atoms with Gasteiger partial charge in [0.05, 0.1) is 36.0 Å². The van der Waals surface area contributed by atoms with Crippen molar-refractivity contribution in [3.8, 4) is 0 Å². The highest BCUT2D eigenvalue weighted by Crippen LogP contribution is 2.21. The molecule has 0 spiro atoms. The highest BCUT2D eigenvalue weighted by atomic mass is 16.6. The lowest BCUT2D eigenvalue weighted by Gasteiger charge is -2.36. The first-order valence-electron chi connectivity index (χ1n) is 9.31. The molecule has 0 N–H and O–H groups in total. The molecule has 9 heteroatoms. The molecule has 1 saturated heterocycles. The first kappa shape index (κ1) is 18.9. The third-order valence-corrected chi connectivity index (χ3v) is 5.19. The minimum Gasteiger partial charge on any atom is -0.465 e. The van der Waals surface area contributed by atoms with Gasteiger partial charge < -0.3 is 9.64 Å². The number of esters is 1. The van der Waals surface area contributed by atoms with E-state index in [9.17, 15) is 14.9 Å². The van der Waals surface area contributed by atoms with E-state index in [0.29, 0.717) is 12.2 Å². The number of rotatable bonds is 5. The van der Waals surface area contributed by atoms with Crippen LogP contribution in [-0.4, -0.2) is 58.9 Å². The summed E-state index contributed by atoms with van der Waals surface area (Å²) in [6.45, 7) is 4.05. The van der Waals surface area contributed by atoms with Crippen LogP contribution in [0, 0.1) is 10.1 Å². The summed E-state index contributed by atoms with van der Waals surface area (Å²) in [5.41, 5.74) is 2.58. The predicted molar refractivity (Wildman–Crippen MR) is 108 cm³/mol. The molecule has 0 unspecified atom stereocenters. The zero-order valence-electron chi connectivity index (χ0n) is 16.0.